The number of allylic oxidation sites excluding steroid dienone is 3. The predicted octanol–water partition coefficient (Wildman–Crippen LogP) is 4.43. The number of hydrogen-bond acceptors (Lipinski definition) is 7. The molecule has 0 bridgehead atoms. The number of ketones is 1. The summed E-state index contributed by atoms with van der Waals surface area (Å²) in [7, 11) is 1.29. The molecule has 7 nitrogen and oxygen atoms in total. The summed E-state index contributed by atoms with van der Waals surface area (Å²) in [5.74, 6) is -2.71. The number of ether oxygens (including phenoxy) is 3. The smallest absolute Gasteiger partial charge is 0.337 e. The molecule has 0 saturated heterocycles. The van der Waals surface area contributed by atoms with Crippen molar-refractivity contribution in [3.63, 3.8) is 0 Å². The van der Waals surface area contributed by atoms with Gasteiger partial charge >= 0.3 is 11.9 Å². The number of para-hydroxylation sites is 1. The molecule has 2 aliphatic rings. The van der Waals surface area contributed by atoms with Gasteiger partial charge in [0.15, 0.2) is 5.78 Å². The fourth-order valence-electron chi connectivity index (χ4n) is 4.67. The van der Waals surface area contributed by atoms with Gasteiger partial charge in [-0.3, -0.25) is 9.59 Å². The molecule has 0 spiro atoms. The molecule has 0 amide bonds. The molecule has 1 aromatic carbocycles. The van der Waals surface area contributed by atoms with E-state index in [1.807, 2.05) is 65.8 Å². The maximum atomic E-state index is 13.8. The Morgan fingerprint density at radius 1 is 1.18 bits per heavy atom. The van der Waals surface area contributed by atoms with Gasteiger partial charge in [-0.05, 0) is 52.5 Å². The fraction of sp³-hybridized carbons (Fsp3) is 0.519. The third kappa shape index (κ3) is 4.88. The van der Waals surface area contributed by atoms with Crippen molar-refractivity contribution in [2.75, 3.05) is 7.11 Å². The minimum absolute atomic E-state index is 0.109. The van der Waals surface area contributed by atoms with E-state index in [0.29, 0.717) is 41.0 Å². The minimum Gasteiger partial charge on any atom is -0.491 e. The van der Waals surface area contributed by atoms with Crippen LogP contribution in [0.1, 0.15) is 65.9 Å². The van der Waals surface area contributed by atoms with Gasteiger partial charge in [-0.15, -0.1) is 0 Å². The summed E-state index contributed by atoms with van der Waals surface area (Å²) in [4.78, 5) is 39.8. The summed E-state index contributed by atoms with van der Waals surface area (Å²) in [6.45, 7) is 11.3. The van der Waals surface area contributed by atoms with Crippen molar-refractivity contribution in [2.45, 2.75) is 72.5 Å². The lowest BCUT2D eigenvalue weighted by Gasteiger charge is -2.38. The molecule has 184 valence electrons. The molecule has 1 N–H and O–H groups in total. The normalized spacial score (nSPS) is 23.3. The number of hydrogen-bond donors (Lipinski definition) is 1. The van der Waals surface area contributed by atoms with Gasteiger partial charge in [-0.1, -0.05) is 32.0 Å². The Kier molecular flexibility index (Phi) is 7.85. The minimum atomic E-state index is -0.934. The summed E-state index contributed by atoms with van der Waals surface area (Å²) >= 11 is 0. The molecule has 1 heterocycles. The Labute approximate surface area is 201 Å². The third-order valence-corrected chi connectivity index (χ3v) is 6.44. The molecule has 1 aliphatic heterocycles. The van der Waals surface area contributed by atoms with Crippen LogP contribution in [0.2, 0.25) is 0 Å². The van der Waals surface area contributed by atoms with E-state index in [4.69, 9.17) is 14.2 Å². The van der Waals surface area contributed by atoms with Crippen LogP contribution in [-0.2, 0) is 23.9 Å². The van der Waals surface area contributed by atoms with Crippen LogP contribution in [0.3, 0.4) is 0 Å². The third-order valence-electron chi connectivity index (χ3n) is 6.44. The van der Waals surface area contributed by atoms with Crippen molar-refractivity contribution in [3.05, 3.63) is 52.4 Å². The van der Waals surface area contributed by atoms with Crippen molar-refractivity contribution in [1.29, 1.82) is 0 Å². The number of esters is 2. The molecular formula is C27H35NO6. The van der Waals surface area contributed by atoms with Crippen molar-refractivity contribution < 1.29 is 28.6 Å². The summed E-state index contributed by atoms with van der Waals surface area (Å²) in [5.41, 5.74) is 2.79. The van der Waals surface area contributed by atoms with Gasteiger partial charge in [0.25, 0.3) is 0 Å². The van der Waals surface area contributed by atoms with Crippen LogP contribution < -0.4 is 10.1 Å². The highest BCUT2D eigenvalue weighted by Crippen LogP contribution is 2.47. The average Bonchev–Trinajstić information content (AvgIpc) is 2.77. The Morgan fingerprint density at radius 2 is 1.85 bits per heavy atom. The van der Waals surface area contributed by atoms with Gasteiger partial charge in [-0.2, -0.15) is 0 Å². The van der Waals surface area contributed by atoms with Crippen molar-refractivity contribution in [1.82, 2.24) is 5.32 Å². The molecule has 1 aliphatic carbocycles. The SMILES string of the molecule is CC[C@@H](C)OC(=O)C1=C(C)NC2=C(C(=O)[C@H](C(=O)OC)[C@H](C)C2)[C@@H]1c1ccccc1OC(C)C. The molecule has 4 atom stereocenters. The molecular weight excluding hydrogens is 434 g/mol. The van der Waals surface area contributed by atoms with E-state index < -0.39 is 23.8 Å². The van der Waals surface area contributed by atoms with Crippen LogP contribution in [0.15, 0.2) is 46.8 Å². The zero-order valence-corrected chi connectivity index (χ0v) is 21.1. The standard InChI is InChI=1S/C27H35NO6/c1-8-16(5)34-27(31)22-17(6)28-19-13-15(4)21(26(30)32-7)25(29)24(19)23(22)18-11-9-10-12-20(18)33-14(2)3/h9-12,14-16,21,23,28H,8,13H2,1-7H3/t15-,16-,21-,23-/m1/s1. The van der Waals surface area contributed by atoms with E-state index in [-0.39, 0.29) is 23.9 Å². The number of carbonyl (C=O) groups excluding carboxylic acids is 3. The van der Waals surface area contributed by atoms with Gasteiger partial charge < -0.3 is 19.5 Å². The van der Waals surface area contributed by atoms with E-state index in [0.717, 1.165) is 5.70 Å². The Hall–Kier alpha value is -3.09. The van der Waals surface area contributed by atoms with Gasteiger partial charge in [0.2, 0.25) is 0 Å². The summed E-state index contributed by atoms with van der Waals surface area (Å²) in [5, 5.41) is 3.28. The molecule has 0 unspecified atom stereocenters. The summed E-state index contributed by atoms with van der Waals surface area (Å²) in [6, 6.07) is 7.40. The zero-order chi connectivity index (χ0) is 25.2. The number of nitrogens with one attached hydrogen (secondary N) is 1. The molecule has 34 heavy (non-hydrogen) atoms. The number of carbonyl (C=O) groups is 3. The van der Waals surface area contributed by atoms with Crippen LogP contribution in [0, 0.1) is 11.8 Å². The predicted molar refractivity (Wildman–Crippen MR) is 128 cm³/mol. The summed E-state index contributed by atoms with van der Waals surface area (Å²) in [6.07, 6.45) is 0.755. The van der Waals surface area contributed by atoms with Crippen LogP contribution in [0.25, 0.3) is 0 Å². The fourth-order valence-corrected chi connectivity index (χ4v) is 4.67. The lowest BCUT2D eigenvalue weighted by molar-refractivity contribution is -0.151. The lowest BCUT2D eigenvalue weighted by Crippen LogP contribution is -2.43. The van der Waals surface area contributed by atoms with E-state index in [1.165, 1.54) is 7.11 Å². The quantitative estimate of drug-likeness (QED) is 0.467. The maximum Gasteiger partial charge on any atom is 0.337 e. The highest BCUT2D eigenvalue weighted by Gasteiger charge is 2.48. The largest absolute Gasteiger partial charge is 0.491 e. The number of methoxy groups -OCH3 is 1. The molecule has 1 aromatic rings. The second-order valence-corrected chi connectivity index (χ2v) is 9.36. The first-order chi connectivity index (χ1) is 16.1. The van der Waals surface area contributed by atoms with E-state index in [1.54, 1.807) is 0 Å². The van der Waals surface area contributed by atoms with Crippen LogP contribution in [0.5, 0.6) is 5.75 Å². The first-order valence-corrected chi connectivity index (χ1v) is 11.9. The van der Waals surface area contributed by atoms with Gasteiger partial charge in [0, 0.05) is 22.5 Å². The molecule has 0 fully saturated rings. The van der Waals surface area contributed by atoms with E-state index in [2.05, 4.69) is 5.32 Å². The van der Waals surface area contributed by atoms with E-state index in [9.17, 15) is 14.4 Å². The average molecular weight is 470 g/mol. The Bertz CT molecular complexity index is 1040. The van der Waals surface area contributed by atoms with Gasteiger partial charge in [-0.25, -0.2) is 4.79 Å². The molecule has 3 rings (SSSR count). The molecule has 0 radical (unpaired) electrons. The van der Waals surface area contributed by atoms with Crippen LogP contribution in [0.4, 0.5) is 0 Å². The molecule has 7 heteroatoms. The zero-order valence-electron chi connectivity index (χ0n) is 21.1. The topological polar surface area (TPSA) is 90.9 Å². The van der Waals surface area contributed by atoms with Crippen molar-refractivity contribution >= 4 is 17.7 Å². The first kappa shape index (κ1) is 25.5. The number of rotatable bonds is 7. The first-order valence-electron chi connectivity index (χ1n) is 11.9. The molecule has 0 aromatic heterocycles. The maximum absolute atomic E-state index is 13.8. The van der Waals surface area contributed by atoms with E-state index >= 15 is 0 Å². The second kappa shape index (κ2) is 10.5. The highest BCUT2D eigenvalue weighted by molar-refractivity contribution is 6.12. The number of dihydropyridines is 1. The van der Waals surface area contributed by atoms with Crippen molar-refractivity contribution in [2.24, 2.45) is 11.8 Å². The molecule has 0 saturated carbocycles. The summed E-state index contributed by atoms with van der Waals surface area (Å²) < 4.78 is 16.7. The van der Waals surface area contributed by atoms with Crippen molar-refractivity contribution in [3.8, 4) is 5.75 Å². The lowest BCUT2D eigenvalue weighted by atomic mass is 9.69. The van der Waals surface area contributed by atoms with Crippen LogP contribution >= 0.6 is 0 Å². The van der Waals surface area contributed by atoms with Gasteiger partial charge in [0.1, 0.15) is 11.7 Å². The van der Waals surface area contributed by atoms with Gasteiger partial charge in [0.05, 0.1) is 30.8 Å². The second-order valence-electron chi connectivity index (χ2n) is 9.36. The number of benzene rings is 1. The number of Topliss-reactive ketones (excluding diaryl/α,β-unsaturated/α-hetero) is 1. The van der Waals surface area contributed by atoms with Crippen LogP contribution in [-0.4, -0.2) is 37.0 Å². The highest BCUT2D eigenvalue weighted by atomic mass is 16.5. The monoisotopic (exact) mass is 469 g/mol. The Morgan fingerprint density at radius 3 is 2.47 bits per heavy atom. The Balaban J connectivity index is 2.22.